The van der Waals surface area contributed by atoms with Crippen LogP contribution in [-0.2, 0) is 21.2 Å². The van der Waals surface area contributed by atoms with Crippen molar-refractivity contribution >= 4 is 21.6 Å². The summed E-state index contributed by atoms with van der Waals surface area (Å²) in [5.41, 5.74) is 1.46. The highest BCUT2D eigenvalue weighted by atomic mass is 32.2. The minimum absolute atomic E-state index is 0.0317. The Balaban J connectivity index is 1.88. The number of carbonyl (C=O) groups excluding carboxylic acids is 1. The number of nitrogens with zero attached hydrogens (tertiary/aromatic N) is 1. The monoisotopic (exact) mass is 309 g/mol. The number of piperidine rings is 1. The van der Waals surface area contributed by atoms with E-state index < -0.39 is 10.0 Å². The standard InChI is InChI=1S/C14H19N3O3S/c1-17(11-4-6-15-7-5-11)21(19,20)12-2-3-13-10(8-12)9-14(18)16-13/h2-3,8,11,15H,4-7,9H2,1H3,(H,16,18). The van der Waals surface area contributed by atoms with Crippen molar-refractivity contribution in [3.63, 3.8) is 0 Å². The molecule has 0 saturated carbocycles. The van der Waals surface area contributed by atoms with Gasteiger partial charge in [-0.1, -0.05) is 0 Å². The molecule has 7 heteroatoms. The Bertz CT molecular complexity index is 666. The number of amides is 1. The van der Waals surface area contributed by atoms with E-state index >= 15 is 0 Å². The Morgan fingerprint density at radius 1 is 1.24 bits per heavy atom. The average Bonchev–Trinajstić information content (AvgIpc) is 2.86. The molecule has 2 aliphatic rings. The zero-order valence-electron chi connectivity index (χ0n) is 11.9. The molecular weight excluding hydrogens is 290 g/mol. The summed E-state index contributed by atoms with van der Waals surface area (Å²) >= 11 is 0. The van der Waals surface area contributed by atoms with Gasteiger partial charge in [-0.25, -0.2) is 8.42 Å². The topological polar surface area (TPSA) is 78.5 Å². The normalized spacial score (nSPS) is 19.6. The van der Waals surface area contributed by atoms with E-state index in [9.17, 15) is 13.2 Å². The summed E-state index contributed by atoms with van der Waals surface area (Å²) < 4.78 is 26.9. The number of hydrogen-bond acceptors (Lipinski definition) is 4. The minimum atomic E-state index is -3.51. The molecule has 0 unspecified atom stereocenters. The van der Waals surface area contributed by atoms with Gasteiger partial charge < -0.3 is 10.6 Å². The number of fused-ring (bicyclic) bond motifs is 1. The summed E-state index contributed by atoms with van der Waals surface area (Å²) in [4.78, 5) is 11.6. The van der Waals surface area contributed by atoms with Gasteiger partial charge in [0.2, 0.25) is 15.9 Å². The lowest BCUT2D eigenvalue weighted by molar-refractivity contribution is -0.115. The number of sulfonamides is 1. The van der Waals surface area contributed by atoms with Crippen molar-refractivity contribution in [1.82, 2.24) is 9.62 Å². The molecule has 2 heterocycles. The lowest BCUT2D eigenvalue weighted by atomic mass is 10.1. The quantitative estimate of drug-likeness (QED) is 0.855. The van der Waals surface area contributed by atoms with Crippen LogP contribution >= 0.6 is 0 Å². The average molecular weight is 309 g/mol. The van der Waals surface area contributed by atoms with Crippen LogP contribution in [0.25, 0.3) is 0 Å². The minimum Gasteiger partial charge on any atom is -0.326 e. The summed E-state index contributed by atoms with van der Waals surface area (Å²) in [5.74, 6) is -0.0914. The second-order valence-corrected chi connectivity index (χ2v) is 7.54. The molecule has 0 bridgehead atoms. The van der Waals surface area contributed by atoms with Gasteiger partial charge in [-0.05, 0) is 49.7 Å². The van der Waals surface area contributed by atoms with Crippen molar-refractivity contribution < 1.29 is 13.2 Å². The molecule has 0 spiro atoms. The fraction of sp³-hybridized carbons (Fsp3) is 0.500. The van der Waals surface area contributed by atoms with E-state index in [1.807, 2.05) is 0 Å². The summed E-state index contributed by atoms with van der Waals surface area (Å²) in [6, 6.07) is 4.88. The molecule has 1 amide bonds. The molecule has 1 fully saturated rings. The first-order chi connectivity index (χ1) is 9.98. The predicted octanol–water partition coefficient (Wildman–Crippen LogP) is 0.554. The molecule has 1 saturated heterocycles. The molecule has 0 radical (unpaired) electrons. The third-order valence-electron chi connectivity index (χ3n) is 4.20. The van der Waals surface area contributed by atoms with Crippen LogP contribution in [0.4, 0.5) is 5.69 Å². The molecule has 114 valence electrons. The van der Waals surface area contributed by atoms with Gasteiger partial charge in [0.05, 0.1) is 11.3 Å². The van der Waals surface area contributed by atoms with Gasteiger partial charge in [-0.2, -0.15) is 4.31 Å². The largest absolute Gasteiger partial charge is 0.326 e. The van der Waals surface area contributed by atoms with Gasteiger partial charge in [-0.15, -0.1) is 0 Å². The van der Waals surface area contributed by atoms with E-state index in [0.717, 1.165) is 31.5 Å². The molecule has 0 aromatic heterocycles. The first kappa shape index (κ1) is 14.5. The number of hydrogen-bond donors (Lipinski definition) is 2. The van der Waals surface area contributed by atoms with Crippen molar-refractivity contribution in [2.24, 2.45) is 0 Å². The maximum absolute atomic E-state index is 12.7. The van der Waals surface area contributed by atoms with Crippen molar-refractivity contribution in [3.8, 4) is 0 Å². The van der Waals surface area contributed by atoms with Crippen LogP contribution in [0.5, 0.6) is 0 Å². The molecule has 2 aliphatic heterocycles. The molecule has 0 aliphatic carbocycles. The van der Waals surface area contributed by atoms with Crippen LogP contribution in [0.15, 0.2) is 23.1 Å². The van der Waals surface area contributed by atoms with Crippen LogP contribution < -0.4 is 10.6 Å². The zero-order chi connectivity index (χ0) is 15.0. The fourth-order valence-corrected chi connectivity index (χ4v) is 4.37. The first-order valence-corrected chi connectivity index (χ1v) is 8.54. The molecule has 1 aromatic rings. The smallest absolute Gasteiger partial charge is 0.243 e. The van der Waals surface area contributed by atoms with Gasteiger partial charge in [0.25, 0.3) is 0 Å². The maximum atomic E-state index is 12.7. The number of carbonyl (C=O) groups is 1. The highest BCUT2D eigenvalue weighted by Gasteiger charge is 2.30. The van der Waals surface area contributed by atoms with Crippen molar-refractivity contribution in [3.05, 3.63) is 23.8 Å². The highest BCUT2D eigenvalue weighted by Crippen LogP contribution is 2.28. The Morgan fingerprint density at radius 3 is 2.67 bits per heavy atom. The van der Waals surface area contributed by atoms with E-state index in [-0.39, 0.29) is 23.3 Å². The molecule has 0 atom stereocenters. The maximum Gasteiger partial charge on any atom is 0.243 e. The number of benzene rings is 1. The number of nitrogens with one attached hydrogen (secondary N) is 2. The lowest BCUT2D eigenvalue weighted by Crippen LogP contribution is -2.43. The predicted molar refractivity (Wildman–Crippen MR) is 79.6 cm³/mol. The second-order valence-electron chi connectivity index (χ2n) is 5.55. The summed E-state index contributed by atoms with van der Waals surface area (Å²) in [5, 5.41) is 5.95. The van der Waals surface area contributed by atoms with Crippen LogP contribution in [0.1, 0.15) is 18.4 Å². The number of rotatable bonds is 3. The van der Waals surface area contributed by atoms with Gasteiger partial charge in [0, 0.05) is 18.8 Å². The molecular formula is C14H19N3O3S. The molecule has 3 rings (SSSR count). The molecule has 2 N–H and O–H groups in total. The van der Waals surface area contributed by atoms with Crippen LogP contribution in [0, 0.1) is 0 Å². The zero-order valence-corrected chi connectivity index (χ0v) is 12.7. The van der Waals surface area contributed by atoms with Crippen molar-refractivity contribution in [2.45, 2.75) is 30.2 Å². The summed E-state index contributed by atoms with van der Waals surface area (Å²) in [6.07, 6.45) is 1.89. The van der Waals surface area contributed by atoms with Crippen molar-refractivity contribution in [1.29, 1.82) is 0 Å². The van der Waals surface area contributed by atoms with E-state index in [4.69, 9.17) is 0 Å². The highest BCUT2D eigenvalue weighted by molar-refractivity contribution is 7.89. The van der Waals surface area contributed by atoms with E-state index in [2.05, 4.69) is 10.6 Å². The van der Waals surface area contributed by atoms with Gasteiger partial charge in [0.15, 0.2) is 0 Å². The lowest BCUT2D eigenvalue weighted by Gasteiger charge is -2.30. The van der Waals surface area contributed by atoms with Crippen molar-refractivity contribution in [2.75, 3.05) is 25.5 Å². The fourth-order valence-electron chi connectivity index (χ4n) is 2.90. The summed E-state index contributed by atoms with van der Waals surface area (Å²) in [6.45, 7) is 1.68. The van der Waals surface area contributed by atoms with Gasteiger partial charge in [-0.3, -0.25) is 4.79 Å². The van der Waals surface area contributed by atoms with Crippen LogP contribution in [0.2, 0.25) is 0 Å². The molecule has 1 aromatic carbocycles. The third kappa shape index (κ3) is 2.68. The van der Waals surface area contributed by atoms with E-state index in [1.54, 1.807) is 25.2 Å². The molecule has 6 nitrogen and oxygen atoms in total. The van der Waals surface area contributed by atoms with Crippen LogP contribution in [-0.4, -0.2) is 44.8 Å². The summed E-state index contributed by atoms with van der Waals surface area (Å²) in [7, 11) is -1.87. The van der Waals surface area contributed by atoms with E-state index in [0.29, 0.717) is 5.69 Å². The third-order valence-corrected chi connectivity index (χ3v) is 6.11. The number of anilines is 1. The van der Waals surface area contributed by atoms with Crippen LogP contribution in [0.3, 0.4) is 0 Å². The first-order valence-electron chi connectivity index (χ1n) is 7.10. The van der Waals surface area contributed by atoms with Gasteiger partial charge >= 0.3 is 0 Å². The SMILES string of the molecule is CN(C1CCNCC1)S(=O)(=O)c1ccc2c(c1)CC(=O)N2. The second kappa shape index (κ2) is 5.40. The molecule has 21 heavy (non-hydrogen) atoms. The Labute approximate surface area is 124 Å². The van der Waals surface area contributed by atoms with Gasteiger partial charge in [0.1, 0.15) is 0 Å². The Hall–Kier alpha value is -1.44. The Kier molecular flexibility index (Phi) is 3.73. The van der Waals surface area contributed by atoms with E-state index in [1.165, 1.54) is 4.31 Å². The Morgan fingerprint density at radius 2 is 1.95 bits per heavy atom.